The Kier molecular flexibility index (Phi) is 3.71. The highest BCUT2D eigenvalue weighted by atomic mass is 32.2. The topological polar surface area (TPSA) is 32.3 Å². The zero-order valence-electron chi connectivity index (χ0n) is 9.84. The second kappa shape index (κ2) is 5.25. The molecular formula is C14H14O2S. The van der Waals surface area contributed by atoms with Crippen molar-refractivity contribution in [3.8, 4) is 5.75 Å². The van der Waals surface area contributed by atoms with Gasteiger partial charge in [-0.3, -0.25) is 0 Å². The molecule has 2 rings (SSSR count). The molecule has 0 aliphatic heterocycles. The average molecular weight is 246 g/mol. The Hall–Kier alpha value is -1.45. The van der Waals surface area contributed by atoms with Gasteiger partial charge in [0.15, 0.2) is 9.79 Å². The standard InChI is InChI=1S/C14H14O2S/c1-11-3-7-13(8-4-11)17(15)14-9-5-12(16-2)6-10-14/h3-10H,1-2H3. The van der Waals surface area contributed by atoms with E-state index in [0.29, 0.717) is 0 Å². The molecule has 0 saturated heterocycles. The molecule has 0 spiro atoms. The van der Waals surface area contributed by atoms with Crippen molar-refractivity contribution in [1.29, 1.82) is 0 Å². The first kappa shape index (κ1) is 12.0. The molecule has 0 radical (unpaired) electrons. The molecule has 2 aromatic rings. The van der Waals surface area contributed by atoms with Crippen molar-refractivity contribution in [2.45, 2.75) is 16.7 Å². The molecule has 0 aliphatic carbocycles. The first-order valence-corrected chi connectivity index (χ1v) is 6.48. The zero-order valence-corrected chi connectivity index (χ0v) is 10.7. The smallest absolute Gasteiger partial charge is 0.158 e. The summed E-state index contributed by atoms with van der Waals surface area (Å²) >= 11 is -1.12. The quantitative estimate of drug-likeness (QED) is 0.779. The van der Waals surface area contributed by atoms with E-state index < -0.39 is 11.2 Å². The lowest BCUT2D eigenvalue weighted by Crippen LogP contribution is -2.01. The van der Waals surface area contributed by atoms with Crippen molar-refractivity contribution in [2.75, 3.05) is 7.11 Å². The predicted molar refractivity (Wildman–Crippen MR) is 68.8 cm³/mol. The van der Waals surface area contributed by atoms with Crippen LogP contribution in [0.15, 0.2) is 58.3 Å². The second-order valence-electron chi connectivity index (χ2n) is 3.76. The van der Waals surface area contributed by atoms with Gasteiger partial charge in [-0.05, 0) is 43.3 Å². The van der Waals surface area contributed by atoms with Crippen molar-refractivity contribution in [3.05, 3.63) is 54.1 Å². The van der Waals surface area contributed by atoms with E-state index in [0.717, 1.165) is 15.5 Å². The first-order chi connectivity index (χ1) is 8.20. The number of hydrogen-bond acceptors (Lipinski definition) is 2. The minimum atomic E-state index is -1.12. The fourth-order valence-corrected chi connectivity index (χ4v) is 2.54. The lowest BCUT2D eigenvalue weighted by atomic mass is 10.2. The Balaban J connectivity index is 2.23. The summed E-state index contributed by atoms with van der Waals surface area (Å²) in [5.74, 6) is 0.773. The van der Waals surface area contributed by atoms with Crippen molar-refractivity contribution < 1.29 is 9.29 Å². The number of hydrogen-bond donors (Lipinski definition) is 0. The van der Waals surface area contributed by atoms with Crippen LogP contribution in [0.1, 0.15) is 5.56 Å². The van der Waals surface area contributed by atoms with E-state index in [1.165, 1.54) is 5.56 Å². The Labute approximate surface area is 104 Å². The number of benzene rings is 2. The lowest BCUT2D eigenvalue weighted by molar-refractivity contribution is 0.414. The molecule has 0 aromatic heterocycles. The number of rotatable bonds is 3. The van der Waals surface area contributed by atoms with E-state index in [1.807, 2.05) is 55.5 Å². The van der Waals surface area contributed by atoms with Crippen molar-refractivity contribution >= 4 is 11.2 Å². The molecule has 17 heavy (non-hydrogen) atoms. The fraction of sp³-hybridized carbons (Fsp3) is 0.143. The van der Waals surface area contributed by atoms with Crippen LogP contribution in [-0.4, -0.2) is 11.7 Å². The van der Waals surface area contributed by atoms with Crippen LogP contribution in [0.3, 0.4) is 0 Å². The highest BCUT2D eigenvalue weighted by Gasteiger charge is 2.14. The van der Waals surface area contributed by atoms with Gasteiger partial charge in [0, 0.05) is 11.2 Å². The molecule has 2 nitrogen and oxygen atoms in total. The molecule has 0 N–H and O–H groups in total. The molecule has 0 heterocycles. The number of ether oxygens (including phenoxy) is 1. The van der Waals surface area contributed by atoms with E-state index in [2.05, 4.69) is 0 Å². The molecule has 0 fully saturated rings. The van der Waals surface area contributed by atoms with Crippen molar-refractivity contribution in [3.63, 3.8) is 0 Å². The van der Waals surface area contributed by atoms with Crippen LogP contribution in [0.25, 0.3) is 0 Å². The van der Waals surface area contributed by atoms with Gasteiger partial charge < -0.3 is 9.29 Å². The Morgan fingerprint density at radius 1 is 0.882 bits per heavy atom. The summed E-state index contributed by atoms with van der Waals surface area (Å²) in [4.78, 5) is 1.61. The zero-order chi connectivity index (χ0) is 12.3. The van der Waals surface area contributed by atoms with E-state index in [-0.39, 0.29) is 0 Å². The number of aryl methyl sites for hydroxylation is 1. The van der Waals surface area contributed by atoms with Gasteiger partial charge in [0.2, 0.25) is 0 Å². The molecular weight excluding hydrogens is 232 g/mol. The van der Waals surface area contributed by atoms with Gasteiger partial charge in [-0.1, -0.05) is 17.7 Å². The Morgan fingerprint density at radius 3 is 1.82 bits per heavy atom. The van der Waals surface area contributed by atoms with E-state index >= 15 is 0 Å². The van der Waals surface area contributed by atoms with Crippen molar-refractivity contribution in [2.24, 2.45) is 0 Å². The third-order valence-electron chi connectivity index (χ3n) is 2.51. The maximum Gasteiger partial charge on any atom is 0.158 e. The normalized spacial score (nSPS) is 12.2. The summed E-state index contributed by atoms with van der Waals surface area (Å²) in [5.41, 5.74) is 1.17. The third-order valence-corrected chi connectivity index (χ3v) is 3.91. The molecule has 0 aliphatic rings. The SMILES string of the molecule is COc1ccc([S+]([O-])c2ccc(C)cc2)cc1. The van der Waals surface area contributed by atoms with Crippen LogP contribution in [-0.2, 0) is 11.2 Å². The van der Waals surface area contributed by atoms with Gasteiger partial charge >= 0.3 is 0 Å². The van der Waals surface area contributed by atoms with Gasteiger partial charge in [-0.15, -0.1) is 0 Å². The summed E-state index contributed by atoms with van der Waals surface area (Å²) in [6.45, 7) is 2.01. The van der Waals surface area contributed by atoms with E-state index in [4.69, 9.17) is 4.74 Å². The highest BCUT2D eigenvalue weighted by Crippen LogP contribution is 2.23. The number of methoxy groups -OCH3 is 1. The van der Waals surface area contributed by atoms with Crippen LogP contribution in [0.2, 0.25) is 0 Å². The molecule has 0 amide bonds. The molecule has 1 atom stereocenters. The van der Waals surface area contributed by atoms with Crippen LogP contribution >= 0.6 is 0 Å². The van der Waals surface area contributed by atoms with Crippen LogP contribution in [0.4, 0.5) is 0 Å². The molecule has 0 saturated carbocycles. The van der Waals surface area contributed by atoms with Crippen LogP contribution < -0.4 is 4.74 Å². The molecule has 2 aromatic carbocycles. The monoisotopic (exact) mass is 246 g/mol. The largest absolute Gasteiger partial charge is 0.606 e. The summed E-state index contributed by atoms with van der Waals surface area (Å²) in [6, 6.07) is 15.0. The maximum absolute atomic E-state index is 12.2. The minimum Gasteiger partial charge on any atom is -0.606 e. The Bertz CT molecular complexity index is 477. The van der Waals surface area contributed by atoms with Gasteiger partial charge in [-0.25, -0.2) is 0 Å². The first-order valence-electron chi connectivity index (χ1n) is 5.33. The summed E-state index contributed by atoms with van der Waals surface area (Å²) in [6.07, 6.45) is 0. The minimum absolute atomic E-state index is 0.773. The van der Waals surface area contributed by atoms with E-state index in [1.54, 1.807) is 7.11 Å². The second-order valence-corrected chi connectivity index (χ2v) is 5.24. The van der Waals surface area contributed by atoms with Crippen LogP contribution in [0.5, 0.6) is 5.75 Å². The molecule has 3 heteroatoms. The molecule has 1 unspecified atom stereocenters. The fourth-order valence-electron chi connectivity index (χ4n) is 1.50. The summed E-state index contributed by atoms with van der Waals surface area (Å²) < 4.78 is 17.3. The lowest BCUT2D eigenvalue weighted by Gasteiger charge is -2.10. The average Bonchev–Trinajstić information content (AvgIpc) is 2.39. The van der Waals surface area contributed by atoms with Gasteiger partial charge in [0.1, 0.15) is 5.75 Å². The van der Waals surface area contributed by atoms with Crippen molar-refractivity contribution in [1.82, 2.24) is 0 Å². The van der Waals surface area contributed by atoms with Gasteiger partial charge in [0.05, 0.1) is 7.11 Å². The predicted octanol–water partition coefficient (Wildman–Crippen LogP) is 3.17. The maximum atomic E-state index is 12.2. The summed E-state index contributed by atoms with van der Waals surface area (Å²) in [5, 5.41) is 0. The molecule has 88 valence electrons. The van der Waals surface area contributed by atoms with Gasteiger partial charge in [-0.2, -0.15) is 0 Å². The molecule has 0 bridgehead atoms. The van der Waals surface area contributed by atoms with Gasteiger partial charge in [0.25, 0.3) is 0 Å². The third kappa shape index (κ3) is 2.81. The summed E-state index contributed by atoms with van der Waals surface area (Å²) in [7, 11) is 1.62. The van der Waals surface area contributed by atoms with E-state index in [9.17, 15) is 4.55 Å². The highest BCUT2D eigenvalue weighted by molar-refractivity contribution is 7.91. The van der Waals surface area contributed by atoms with Crippen LogP contribution in [0, 0.1) is 6.92 Å². The Morgan fingerprint density at radius 2 is 1.35 bits per heavy atom.